The van der Waals surface area contributed by atoms with Crippen molar-refractivity contribution in [1.29, 1.82) is 0 Å². The molecule has 0 amide bonds. The molecular weight excluding hydrogens is 242 g/mol. The first kappa shape index (κ1) is 11.7. The summed E-state index contributed by atoms with van der Waals surface area (Å²) in [6.07, 6.45) is 2.62. The van der Waals surface area contributed by atoms with Gasteiger partial charge in [-0.25, -0.2) is 0 Å². The Morgan fingerprint density at radius 3 is 3.06 bits per heavy atom. The summed E-state index contributed by atoms with van der Waals surface area (Å²) < 4.78 is 6.11. The second kappa shape index (κ2) is 5.53. The van der Waals surface area contributed by atoms with Crippen molar-refractivity contribution in [3.05, 3.63) is 45.5 Å². The molecule has 0 aliphatic heterocycles. The number of thiophene rings is 1. The molecule has 0 saturated carbocycles. The van der Waals surface area contributed by atoms with Crippen LogP contribution in [0.5, 0.6) is 0 Å². The van der Waals surface area contributed by atoms with E-state index in [1.165, 1.54) is 5.56 Å². The fourth-order valence-corrected chi connectivity index (χ4v) is 2.52. The molecule has 2 aromatic heterocycles. The maximum Gasteiger partial charge on any atom is 0.105 e. The maximum absolute atomic E-state index is 5.90. The molecule has 0 aliphatic rings. The molecule has 0 aliphatic carbocycles. The molecular formula is C12H14ClNOS. The molecule has 1 atom stereocenters. The van der Waals surface area contributed by atoms with E-state index >= 15 is 0 Å². The van der Waals surface area contributed by atoms with E-state index in [0.717, 1.165) is 23.1 Å². The van der Waals surface area contributed by atoms with Gasteiger partial charge in [-0.15, -0.1) is 11.3 Å². The second-order valence-electron chi connectivity index (χ2n) is 3.69. The van der Waals surface area contributed by atoms with Gasteiger partial charge in [0.1, 0.15) is 5.76 Å². The lowest BCUT2D eigenvalue weighted by Crippen LogP contribution is -2.20. The number of furan rings is 1. The molecule has 0 spiro atoms. The van der Waals surface area contributed by atoms with Gasteiger partial charge in [-0.1, -0.05) is 11.6 Å². The topological polar surface area (TPSA) is 25.2 Å². The third-order valence-corrected chi connectivity index (χ3v) is 3.60. The number of halogens is 1. The van der Waals surface area contributed by atoms with Crippen molar-refractivity contribution in [3.63, 3.8) is 0 Å². The van der Waals surface area contributed by atoms with Gasteiger partial charge in [-0.05, 0) is 36.1 Å². The van der Waals surface area contributed by atoms with E-state index in [1.807, 2.05) is 18.2 Å². The van der Waals surface area contributed by atoms with Crippen molar-refractivity contribution in [2.75, 3.05) is 6.54 Å². The standard InChI is InChI=1S/C12H14ClNOS/c1-9(10-7-12(13)16-8-10)14-5-4-11-3-2-6-15-11/h2-3,6-9,14H,4-5H2,1H3. The lowest BCUT2D eigenvalue weighted by atomic mass is 10.2. The molecule has 0 saturated heterocycles. The monoisotopic (exact) mass is 255 g/mol. The van der Waals surface area contributed by atoms with Crippen LogP contribution in [0, 0.1) is 0 Å². The van der Waals surface area contributed by atoms with Crippen LogP contribution in [0.1, 0.15) is 24.3 Å². The molecule has 0 fully saturated rings. The molecule has 4 heteroatoms. The van der Waals surface area contributed by atoms with Crippen LogP contribution >= 0.6 is 22.9 Å². The number of nitrogens with one attached hydrogen (secondary N) is 1. The average Bonchev–Trinajstić information content (AvgIpc) is 2.89. The lowest BCUT2D eigenvalue weighted by Gasteiger charge is -2.11. The Kier molecular flexibility index (Phi) is 4.04. The molecule has 16 heavy (non-hydrogen) atoms. The van der Waals surface area contributed by atoms with Gasteiger partial charge in [0.15, 0.2) is 0 Å². The fraction of sp³-hybridized carbons (Fsp3) is 0.333. The quantitative estimate of drug-likeness (QED) is 0.877. The predicted molar refractivity (Wildman–Crippen MR) is 68.2 cm³/mol. The predicted octanol–water partition coefficient (Wildman–Crippen LogP) is 3.89. The number of rotatable bonds is 5. The van der Waals surface area contributed by atoms with E-state index in [9.17, 15) is 0 Å². The molecule has 2 rings (SSSR count). The molecule has 0 bridgehead atoms. The van der Waals surface area contributed by atoms with E-state index < -0.39 is 0 Å². The van der Waals surface area contributed by atoms with Crippen molar-refractivity contribution in [2.45, 2.75) is 19.4 Å². The first-order chi connectivity index (χ1) is 7.75. The summed E-state index contributed by atoms with van der Waals surface area (Å²) >= 11 is 7.47. The van der Waals surface area contributed by atoms with Gasteiger partial charge < -0.3 is 9.73 Å². The van der Waals surface area contributed by atoms with Crippen molar-refractivity contribution in [2.24, 2.45) is 0 Å². The van der Waals surface area contributed by atoms with Crippen LogP contribution in [0.15, 0.2) is 34.3 Å². The smallest absolute Gasteiger partial charge is 0.105 e. The summed E-state index contributed by atoms with van der Waals surface area (Å²) in [7, 11) is 0. The maximum atomic E-state index is 5.90. The Bertz CT molecular complexity index is 424. The van der Waals surface area contributed by atoms with E-state index in [1.54, 1.807) is 17.6 Å². The van der Waals surface area contributed by atoms with Crippen LogP contribution in [-0.2, 0) is 6.42 Å². The minimum absolute atomic E-state index is 0.332. The zero-order valence-electron chi connectivity index (χ0n) is 9.07. The third-order valence-electron chi connectivity index (χ3n) is 2.49. The molecule has 0 radical (unpaired) electrons. The molecule has 2 heterocycles. The van der Waals surface area contributed by atoms with Crippen LogP contribution in [0.3, 0.4) is 0 Å². The SMILES string of the molecule is CC(NCCc1ccco1)c1csc(Cl)c1. The minimum atomic E-state index is 0.332. The summed E-state index contributed by atoms with van der Waals surface area (Å²) in [5.41, 5.74) is 1.24. The molecule has 2 aromatic rings. The van der Waals surface area contributed by atoms with E-state index in [0.29, 0.717) is 6.04 Å². The summed E-state index contributed by atoms with van der Waals surface area (Å²) in [6, 6.07) is 6.25. The first-order valence-corrected chi connectivity index (χ1v) is 6.51. The van der Waals surface area contributed by atoms with Crippen LogP contribution in [0.2, 0.25) is 4.34 Å². The van der Waals surface area contributed by atoms with Gasteiger partial charge in [0.2, 0.25) is 0 Å². The Labute approximate surface area is 104 Å². The van der Waals surface area contributed by atoms with E-state index in [4.69, 9.17) is 16.0 Å². The van der Waals surface area contributed by atoms with Gasteiger partial charge in [0.05, 0.1) is 10.6 Å². The number of hydrogen-bond donors (Lipinski definition) is 1. The van der Waals surface area contributed by atoms with Crippen molar-refractivity contribution in [1.82, 2.24) is 5.32 Å². The van der Waals surface area contributed by atoms with Crippen molar-refractivity contribution in [3.8, 4) is 0 Å². The molecule has 86 valence electrons. The minimum Gasteiger partial charge on any atom is -0.469 e. The zero-order chi connectivity index (χ0) is 11.4. The summed E-state index contributed by atoms with van der Waals surface area (Å²) in [6.45, 7) is 3.04. The molecule has 1 N–H and O–H groups in total. The van der Waals surface area contributed by atoms with E-state index in [-0.39, 0.29) is 0 Å². The molecule has 2 nitrogen and oxygen atoms in total. The molecule has 1 unspecified atom stereocenters. The largest absolute Gasteiger partial charge is 0.469 e. The fourth-order valence-electron chi connectivity index (χ4n) is 1.54. The van der Waals surface area contributed by atoms with Crippen molar-refractivity contribution >= 4 is 22.9 Å². The summed E-state index contributed by atoms with van der Waals surface area (Å²) in [5, 5.41) is 5.53. The van der Waals surface area contributed by atoms with Gasteiger partial charge in [0, 0.05) is 19.0 Å². The zero-order valence-corrected chi connectivity index (χ0v) is 10.6. The normalized spacial score (nSPS) is 12.9. The Hall–Kier alpha value is -0.770. The highest BCUT2D eigenvalue weighted by Gasteiger charge is 2.06. The summed E-state index contributed by atoms with van der Waals surface area (Å²) in [5.74, 6) is 1.02. The highest BCUT2D eigenvalue weighted by Crippen LogP contribution is 2.24. The average molecular weight is 256 g/mol. The van der Waals surface area contributed by atoms with Gasteiger partial charge in [-0.2, -0.15) is 0 Å². The Morgan fingerprint density at radius 1 is 1.56 bits per heavy atom. The third kappa shape index (κ3) is 3.11. The highest BCUT2D eigenvalue weighted by molar-refractivity contribution is 7.14. The van der Waals surface area contributed by atoms with Crippen LogP contribution in [0.4, 0.5) is 0 Å². The summed E-state index contributed by atoms with van der Waals surface area (Å²) in [4.78, 5) is 0. The van der Waals surface area contributed by atoms with E-state index in [2.05, 4.69) is 17.6 Å². The van der Waals surface area contributed by atoms with Crippen molar-refractivity contribution < 1.29 is 4.42 Å². The van der Waals surface area contributed by atoms with Crippen LogP contribution in [-0.4, -0.2) is 6.54 Å². The highest BCUT2D eigenvalue weighted by atomic mass is 35.5. The number of hydrogen-bond acceptors (Lipinski definition) is 3. The molecule has 0 aromatic carbocycles. The van der Waals surface area contributed by atoms with Gasteiger partial charge in [-0.3, -0.25) is 0 Å². The Morgan fingerprint density at radius 2 is 2.44 bits per heavy atom. The van der Waals surface area contributed by atoms with Gasteiger partial charge >= 0.3 is 0 Å². The lowest BCUT2D eigenvalue weighted by molar-refractivity contribution is 0.486. The first-order valence-electron chi connectivity index (χ1n) is 5.25. The Balaban J connectivity index is 1.78. The van der Waals surface area contributed by atoms with Crippen LogP contribution < -0.4 is 5.32 Å². The van der Waals surface area contributed by atoms with Crippen LogP contribution in [0.25, 0.3) is 0 Å². The second-order valence-corrected chi connectivity index (χ2v) is 5.23. The van der Waals surface area contributed by atoms with Gasteiger partial charge in [0.25, 0.3) is 0 Å².